The Morgan fingerprint density at radius 2 is 1.67 bits per heavy atom. The molecular weight excluding hydrogens is 358 g/mol. The van der Waals surface area contributed by atoms with E-state index in [0.717, 1.165) is 24.1 Å². The highest BCUT2D eigenvalue weighted by atomic mass is 35.5. The van der Waals surface area contributed by atoms with Gasteiger partial charge in [0.2, 0.25) is 0 Å². The van der Waals surface area contributed by atoms with Gasteiger partial charge in [-0.05, 0) is 37.1 Å². The largest absolute Gasteiger partial charge is 0.338 e. The quantitative estimate of drug-likeness (QED) is 0.603. The second kappa shape index (κ2) is 7.41. The lowest BCUT2D eigenvalue weighted by Gasteiger charge is -2.27. The number of piperidine rings is 1. The van der Waals surface area contributed by atoms with Gasteiger partial charge >= 0.3 is 0 Å². The second-order valence-corrected chi connectivity index (χ2v) is 7.16. The summed E-state index contributed by atoms with van der Waals surface area (Å²) in [6.45, 7) is 5.44. The Morgan fingerprint density at radius 3 is 2.33 bits per heavy atom. The molecule has 0 radical (unpaired) electrons. The van der Waals surface area contributed by atoms with Crippen molar-refractivity contribution in [1.82, 2.24) is 14.7 Å². The monoisotopic (exact) mass is 377 g/mol. The molecule has 0 bridgehead atoms. The molecule has 1 aromatic heterocycles. The predicted octanol–water partition coefficient (Wildman–Crippen LogP) is 4.98. The molecule has 0 spiro atoms. The summed E-state index contributed by atoms with van der Waals surface area (Å²) in [4.78, 5) is 15.1. The maximum absolute atomic E-state index is 13.2. The summed E-state index contributed by atoms with van der Waals surface area (Å²) in [7, 11) is 0. The molecule has 4 rings (SSSR count). The van der Waals surface area contributed by atoms with Crippen LogP contribution in [0.3, 0.4) is 0 Å². The van der Waals surface area contributed by atoms with Gasteiger partial charge in [-0.15, -0.1) is 0 Å². The number of amides is 1. The number of nitrogens with zero attached hydrogens (tertiary/aromatic N) is 3. The Balaban J connectivity index is 1.76. The Labute approximate surface area is 163 Å². The number of hydrogen-bond donors (Lipinski definition) is 0. The lowest BCUT2D eigenvalue weighted by molar-refractivity contribution is 0.0744. The van der Waals surface area contributed by atoms with Crippen molar-refractivity contribution in [2.75, 3.05) is 13.1 Å². The minimum absolute atomic E-state index is 0.00892. The number of rotatable bonds is 3. The van der Waals surface area contributed by atoms with Crippen LogP contribution in [0.1, 0.15) is 23.2 Å². The third kappa shape index (κ3) is 3.67. The normalized spacial score (nSPS) is 14.4. The Hall–Kier alpha value is -2.85. The second-order valence-electron chi connectivity index (χ2n) is 6.72. The number of aromatic nitrogens is 2. The molecular formula is C22H20ClN3O. The van der Waals surface area contributed by atoms with Crippen LogP contribution in [0.15, 0.2) is 72.9 Å². The molecule has 0 atom stereocenters. The van der Waals surface area contributed by atoms with E-state index < -0.39 is 0 Å². The highest BCUT2D eigenvalue weighted by molar-refractivity contribution is 6.30. The summed E-state index contributed by atoms with van der Waals surface area (Å²) >= 11 is 6.03. The van der Waals surface area contributed by atoms with Gasteiger partial charge in [0.1, 0.15) is 5.69 Å². The van der Waals surface area contributed by atoms with Gasteiger partial charge in [0.25, 0.3) is 5.91 Å². The number of carbonyl (C=O) groups excluding carboxylic acids is 1. The van der Waals surface area contributed by atoms with E-state index in [1.807, 2.05) is 65.7 Å². The van der Waals surface area contributed by atoms with Crippen LogP contribution in [0.4, 0.5) is 0 Å². The zero-order chi connectivity index (χ0) is 18.8. The fourth-order valence-electron chi connectivity index (χ4n) is 3.26. The average Bonchev–Trinajstić information content (AvgIpc) is 3.15. The van der Waals surface area contributed by atoms with Crippen molar-refractivity contribution in [3.63, 3.8) is 0 Å². The number of hydrogen-bond acceptors (Lipinski definition) is 2. The van der Waals surface area contributed by atoms with Crippen molar-refractivity contribution >= 4 is 17.5 Å². The van der Waals surface area contributed by atoms with Gasteiger partial charge in [-0.25, -0.2) is 4.68 Å². The first-order chi connectivity index (χ1) is 13.1. The minimum atomic E-state index is 0.00892. The number of halogens is 1. The molecule has 1 aliphatic heterocycles. The number of carbonyl (C=O) groups is 1. The van der Waals surface area contributed by atoms with E-state index in [1.54, 1.807) is 4.68 Å². The molecule has 1 fully saturated rings. The van der Waals surface area contributed by atoms with E-state index in [2.05, 4.69) is 6.58 Å². The number of para-hydroxylation sites is 1. The smallest absolute Gasteiger partial charge is 0.257 e. The summed E-state index contributed by atoms with van der Waals surface area (Å²) in [6, 6.07) is 17.2. The summed E-state index contributed by atoms with van der Waals surface area (Å²) in [5, 5.41) is 5.38. The lowest BCUT2D eigenvalue weighted by Crippen LogP contribution is -2.36. The number of likely N-dealkylation sites (tertiary alicyclic amines) is 1. The van der Waals surface area contributed by atoms with Crippen LogP contribution in [-0.4, -0.2) is 33.7 Å². The van der Waals surface area contributed by atoms with Crippen molar-refractivity contribution in [2.24, 2.45) is 0 Å². The Bertz CT molecular complexity index is 967. The molecule has 0 aliphatic carbocycles. The zero-order valence-electron chi connectivity index (χ0n) is 14.9. The molecule has 0 saturated carbocycles. The highest BCUT2D eigenvalue weighted by Crippen LogP contribution is 2.27. The first-order valence-electron chi connectivity index (χ1n) is 8.99. The molecule has 1 saturated heterocycles. The van der Waals surface area contributed by atoms with Crippen LogP contribution in [0.5, 0.6) is 0 Å². The van der Waals surface area contributed by atoms with Gasteiger partial charge < -0.3 is 4.90 Å². The van der Waals surface area contributed by atoms with Crippen LogP contribution >= 0.6 is 11.6 Å². The summed E-state index contributed by atoms with van der Waals surface area (Å²) < 4.78 is 1.76. The molecule has 4 nitrogen and oxygen atoms in total. The van der Waals surface area contributed by atoms with E-state index in [-0.39, 0.29) is 5.91 Å². The summed E-state index contributed by atoms with van der Waals surface area (Å²) in [5.41, 5.74) is 4.27. The molecule has 2 heterocycles. The van der Waals surface area contributed by atoms with Crippen molar-refractivity contribution < 1.29 is 4.79 Å². The van der Waals surface area contributed by atoms with E-state index in [0.29, 0.717) is 29.4 Å². The van der Waals surface area contributed by atoms with E-state index in [9.17, 15) is 4.79 Å². The third-order valence-electron chi connectivity index (χ3n) is 4.84. The van der Waals surface area contributed by atoms with Gasteiger partial charge in [-0.1, -0.05) is 54.1 Å². The maximum Gasteiger partial charge on any atom is 0.257 e. The third-order valence-corrected chi connectivity index (χ3v) is 5.09. The van der Waals surface area contributed by atoms with Crippen LogP contribution < -0.4 is 0 Å². The molecule has 1 aliphatic rings. The predicted molar refractivity (Wildman–Crippen MR) is 108 cm³/mol. The van der Waals surface area contributed by atoms with Crippen LogP contribution in [-0.2, 0) is 0 Å². The molecule has 3 aromatic rings. The van der Waals surface area contributed by atoms with Crippen LogP contribution in [0, 0.1) is 0 Å². The average molecular weight is 378 g/mol. The van der Waals surface area contributed by atoms with Gasteiger partial charge in [-0.3, -0.25) is 4.79 Å². The molecule has 1 amide bonds. The van der Waals surface area contributed by atoms with Gasteiger partial charge in [0.05, 0.1) is 11.3 Å². The van der Waals surface area contributed by atoms with Crippen molar-refractivity contribution in [1.29, 1.82) is 0 Å². The fourth-order valence-corrected chi connectivity index (χ4v) is 3.39. The SMILES string of the molecule is C=C1CCN(C(=O)c2cn(-c3ccccc3)nc2-c2ccc(Cl)cc2)CC1. The Morgan fingerprint density at radius 1 is 1.00 bits per heavy atom. The first kappa shape index (κ1) is 17.6. The van der Waals surface area contributed by atoms with Gasteiger partial charge in [0, 0.05) is 29.9 Å². The summed E-state index contributed by atoms with van der Waals surface area (Å²) in [5.74, 6) is 0.00892. The first-order valence-corrected chi connectivity index (χ1v) is 9.36. The molecule has 0 unspecified atom stereocenters. The molecule has 136 valence electrons. The molecule has 5 heteroatoms. The van der Waals surface area contributed by atoms with E-state index >= 15 is 0 Å². The van der Waals surface area contributed by atoms with Crippen LogP contribution in [0.2, 0.25) is 5.02 Å². The topological polar surface area (TPSA) is 38.1 Å². The summed E-state index contributed by atoms with van der Waals surface area (Å²) in [6.07, 6.45) is 3.54. The van der Waals surface area contributed by atoms with Gasteiger partial charge in [-0.2, -0.15) is 5.10 Å². The molecule has 2 aromatic carbocycles. The molecule has 27 heavy (non-hydrogen) atoms. The highest BCUT2D eigenvalue weighted by Gasteiger charge is 2.25. The van der Waals surface area contributed by atoms with Gasteiger partial charge in [0.15, 0.2) is 0 Å². The zero-order valence-corrected chi connectivity index (χ0v) is 15.7. The molecule has 0 N–H and O–H groups in total. The Kier molecular flexibility index (Phi) is 4.82. The van der Waals surface area contributed by atoms with Crippen LogP contribution in [0.25, 0.3) is 16.9 Å². The van der Waals surface area contributed by atoms with Crippen molar-refractivity contribution in [3.05, 3.63) is 83.5 Å². The minimum Gasteiger partial charge on any atom is -0.338 e. The van der Waals surface area contributed by atoms with E-state index in [4.69, 9.17) is 16.7 Å². The number of benzene rings is 2. The standard InChI is InChI=1S/C22H20ClN3O/c1-16-11-13-25(14-12-16)22(27)20-15-26(19-5-3-2-4-6-19)24-21(20)17-7-9-18(23)10-8-17/h2-10,15H,1,11-14H2. The van der Waals surface area contributed by atoms with Crippen molar-refractivity contribution in [2.45, 2.75) is 12.8 Å². The maximum atomic E-state index is 13.2. The lowest BCUT2D eigenvalue weighted by atomic mass is 10.0. The van der Waals surface area contributed by atoms with E-state index in [1.165, 1.54) is 5.57 Å². The fraction of sp³-hybridized carbons (Fsp3) is 0.182. The van der Waals surface area contributed by atoms with Crippen molar-refractivity contribution in [3.8, 4) is 16.9 Å².